The Morgan fingerprint density at radius 2 is 2.50 bits per heavy atom. The fraction of sp³-hybridized carbons (Fsp3) is 0.636. The molecular weight excluding hydrogens is 276 g/mol. The van der Waals surface area contributed by atoms with Crippen molar-refractivity contribution < 1.29 is 14.4 Å². The molecule has 0 aromatic carbocycles. The van der Waals surface area contributed by atoms with E-state index in [1.807, 2.05) is 0 Å². The molecule has 1 atom stereocenters. The minimum Gasteiger partial charge on any atom is -0.387 e. The highest BCUT2D eigenvalue weighted by atomic mass is 35.5. The first-order valence-electron chi connectivity index (χ1n) is 5.68. The molecule has 0 spiro atoms. The van der Waals surface area contributed by atoms with Crippen LogP contribution in [0.3, 0.4) is 0 Å². The van der Waals surface area contributed by atoms with E-state index >= 15 is 0 Å². The Balaban J connectivity index is 1.86. The predicted octanol–water partition coefficient (Wildman–Crippen LogP) is 1.16. The number of carbonyl (C=O) groups is 1. The summed E-state index contributed by atoms with van der Waals surface area (Å²) in [5.74, 6) is 1.41. The minimum atomic E-state index is -0.770. The lowest BCUT2D eigenvalue weighted by molar-refractivity contribution is -0.121. The van der Waals surface area contributed by atoms with Crippen LogP contribution in [0, 0.1) is 6.92 Å². The smallest absolute Gasteiger partial charge is 0.229 e. The van der Waals surface area contributed by atoms with Gasteiger partial charge in [-0.3, -0.25) is 4.79 Å². The Morgan fingerprint density at radius 1 is 1.72 bits per heavy atom. The summed E-state index contributed by atoms with van der Waals surface area (Å²) in [5.41, 5.74) is 0.445. The Kier molecular flexibility index (Phi) is 4.19. The van der Waals surface area contributed by atoms with E-state index in [-0.39, 0.29) is 24.1 Å². The maximum Gasteiger partial charge on any atom is 0.229 e. The molecule has 0 bridgehead atoms. The number of aliphatic hydroxyl groups is 1. The minimum absolute atomic E-state index is 0.122. The fourth-order valence-electron chi connectivity index (χ4n) is 1.78. The van der Waals surface area contributed by atoms with Crippen LogP contribution in [0.5, 0.6) is 0 Å². The topological polar surface area (TPSA) is 75.4 Å². The summed E-state index contributed by atoms with van der Waals surface area (Å²) in [6.45, 7) is 2.01. The van der Waals surface area contributed by atoms with Gasteiger partial charge in [0.15, 0.2) is 0 Å². The van der Waals surface area contributed by atoms with Crippen molar-refractivity contribution in [3.05, 3.63) is 16.5 Å². The molecule has 1 aliphatic rings. The van der Waals surface area contributed by atoms with Gasteiger partial charge in [-0.15, -0.1) is 0 Å². The number of hydrogen-bond donors (Lipinski definition) is 2. The first-order chi connectivity index (χ1) is 8.50. The normalized spacial score (nSPS) is 23.3. The molecule has 0 radical (unpaired) electrons. The number of aryl methyl sites for hydroxylation is 1. The van der Waals surface area contributed by atoms with Gasteiger partial charge < -0.3 is 14.9 Å². The molecule has 0 saturated carbocycles. The van der Waals surface area contributed by atoms with Crippen LogP contribution in [0.2, 0.25) is 5.22 Å². The first-order valence-corrected chi connectivity index (χ1v) is 7.21. The number of hydrogen-bond acceptors (Lipinski definition) is 5. The first kappa shape index (κ1) is 13.7. The lowest BCUT2D eigenvalue weighted by Gasteiger charge is -2.21. The molecule has 1 amide bonds. The predicted molar refractivity (Wildman–Crippen MR) is 69.9 cm³/mol. The van der Waals surface area contributed by atoms with E-state index in [2.05, 4.69) is 10.5 Å². The zero-order valence-electron chi connectivity index (χ0n) is 10.0. The molecule has 5 nitrogen and oxygen atoms in total. The van der Waals surface area contributed by atoms with E-state index < -0.39 is 5.60 Å². The van der Waals surface area contributed by atoms with Crippen molar-refractivity contribution >= 4 is 29.3 Å². The zero-order chi connectivity index (χ0) is 13.2. The maximum atomic E-state index is 11.8. The summed E-state index contributed by atoms with van der Waals surface area (Å²) >= 11 is 7.48. The SMILES string of the molecule is Cc1noc(Cl)c1CC(=O)NCC1(O)CCSC1. The molecule has 2 N–H and O–H groups in total. The van der Waals surface area contributed by atoms with Crippen LogP contribution in [0.25, 0.3) is 0 Å². The molecule has 1 aromatic heterocycles. The summed E-state index contributed by atoms with van der Waals surface area (Å²) in [4.78, 5) is 11.8. The quantitative estimate of drug-likeness (QED) is 0.870. The van der Waals surface area contributed by atoms with Crippen molar-refractivity contribution in [3.8, 4) is 0 Å². The number of halogens is 1. The Labute approximate surface area is 114 Å². The summed E-state index contributed by atoms with van der Waals surface area (Å²) < 4.78 is 4.78. The van der Waals surface area contributed by atoms with Crippen molar-refractivity contribution in [2.45, 2.75) is 25.4 Å². The Morgan fingerprint density at radius 3 is 3.06 bits per heavy atom. The number of rotatable bonds is 4. The number of nitrogens with zero attached hydrogens (tertiary/aromatic N) is 1. The monoisotopic (exact) mass is 290 g/mol. The molecule has 0 aliphatic carbocycles. The van der Waals surface area contributed by atoms with Crippen LogP contribution >= 0.6 is 23.4 Å². The third-order valence-electron chi connectivity index (χ3n) is 2.97. The van der Waals surface area contributed by atoms with E-state index in [1.54, 1.807) is 18.7 Å². The van der Waals surface area contributed by atoms with Crippen LogP contribution in [0.4, 0.5) is 0 Å². The average Bonchev–Trinajstić information content (AvgIpc) is 2.89. The van der Waals surface area contributed by atoms with E-state index in [0.717, 1.165) is 5.75 Å². The van der Waals surface area contributed by atoms with Crippen molar-refractivity contribution in [2.75, 3.05) is 18.1 Å². The van der Waals surface area contributed by atoms with Crippen LogP contribution in [-0.4, -0.2) is 39.8 Å². The summed E-state index contributed by atoms with van der Waals surface area (Å²) in [6, 6.07) is 0. The van der Waals surface area contributed by atoms with E-state index in [9.17, 15) is 9.90 Å². The standard InChI is InChI=1S/C11H15ClN2O3S/c1-7-8(10(12)17-14-7)4-9(15)13-5-11(16)2-3-18-6-11/h16H,2-6H2,1H3,(H,13,15). The number of nitrogens with one attached hydrogen (secondary N) is 1. The highest BCUT2D eigenvalue weighted by Gasteiger charge is 2.32. The second-order valence-corrected chi connectivity index (χ2v) is 5.95. The van der Waals surface area contributed by atoms with Gasteiger partial charge in [0, 0.05) is 17.9 Å². The number of aromatic nitrogens is 1. The molecule has 1 fully saturated rings. The number of amides is 1. The van der Waals surface area contributed by atoms with Gasteiger partial charge in [0.1, 0.15) is 0 Å². The molecule has 1 aliphatic heterocycles. The highest BCUT2D eigenvalue weighted by molar-refractivity contribution is 7.99. The molecule has 1 saturated heterocycles. The van der Waals surface area contributed by atoms with Crippen molar-refractivity contribution in [1.29, 1.82) is 0 Å². The van der Waals surface area contributed by atoms with Gasteiger partial charge in [0.2, 0.25) is 11.1 Å². The molecule has 2 heterocycles. The van der Waals surface area contributed by atoms with Gasteiger partial charge >= 0.3 is 0 Å². The third-order valence-corrected chi connectivity index (χ3v) is 4.50. The summed E-state index contributed by atoms with van der Waals surface area (Å²) in [7, 11) is 0. The molecule has 18 heavy (non-hydrogen) atoms. The summed E-state index contributed by atoms with van der Waals surface area (Å²) in [6.07, 6.45) is 0.836. The number of thioether (sulfide) groups is 1. The van der Waals surface area contributed by atoms with Gasteiger partial charge in [-0.25, -0.2) is 0 Å². The molecule has 100 valence electrons. The second-order valence-electron chi connectivity index (χ2n) is 4.50. The van der Waals surface area contributed by atoms with E-state index in [1.165, 1.54) is 0 Å². The zero-order valence-corrected chi connectivity index (χ0v) is 11.6. The van der Waals surface area contributed by atoms with Gasteiger partial charge in [-0.05, 0) is 30.7 Å². The van der Waals surface area contributed by atoms with Crippen molar-refractivity contribution in [3.63, 3.8) is 0 Å². The molecule has 1 unspecified atom stereocenters. The van der Waals surface area contributed by atoms with Crippen molar-refractivity contribution in [2.24, 2.45) is 0 Å². The molecule has 2 rings (SSSR count). The number of carbonyl (C=O) groups excluding carboxylic acids is 1. The molecule has 1 aromatic rings. The van der Waals surface area contributed by atoms with Crippen LogP contribution in [0.15, 0.2) is 4.52 Å². The molecule has 7 heteroatoms. The largest absolute Gasteiger partial charge is 0.387 e. The van der Waals surface area contributed by atoms with Gasteiger partial charge in [-0.2, -0.15) is 11.8 Å². The lowest BCUT2D eigenvalue weighted by Crippen LogP contribution is -2.43. The van der Waals surface area contributed by atoms with Gasteiger partial charge in [-0.1, -0.05) is 5.16 Å². The third kappa shape index (κ3) is 3.18. The maximum absolute atomic E-state index is 11.8. The van der Waals surface area contributed by atoms with Gasteiger partial charge in [0.05, 0.1) is 17.7 Å². The van der Waals surface area contributed by atoms with Crippen LogP contribution < -0.4 is 5.32 Å². The van der Waals surface area contributed by atoms with E-state index in [0.29, 0.717) is 23.4 Å². The second kappa shape index (κ2) is 5.50. The fourth-order valence-corrected chi connectivity index (χ4v) is 3.31. The van der Waals surface area contributed by atoms with E-state index in [4.69, 9.17) is 16.1 Å². The van der Waals surface area contributed by atoms with Crippen LogP contribution in [0.1, 0.15) is 17.7 Å². The Bertz CT molecular complexity index is 424. The van der Waals surface area contributed by atoms with Crippen LogP contribution in [-0.2, 0) is 11.2 Å². The summed E-state index contributed by atoms with van der Waals surface area (Å²) in [5, 5.41) is 16.6. The Hall–Kier alpha value is -0.720. The lowest BCUT2D eigenvalue weighted by atomic mass is 10.0. The average molecular weight is 291 g/mol. The molecular formula is C11H15ClN2O3S. The van der Waals surface area contributed by atoms with Crippen molar-refractivity contribution in [1.82, 2.24) is 10.5 Å². The highest BCUT2D eigenvalue weighted by Crippen LogP contribution is 2.27. The van der Waals surface area contributed by atoms with Gasteiger partial charge in [0.25, 0.3) is 0 Å².